The Morgan fingerprint density at radius 2 is 2.23 bits per heavy atom. The van der Waals surface area contributed by atoms with Gasteiger partial charge in [0, 0.05) is 21.9 Å². The second-order valence-corrected chi connectivity index (χ2v) is 7.08. The van der Waals surface area contributed by atoms with Crippen LogP contribution >= 0.6 is 23.1 Å². The van der Waals surface area contributed by atoms with Crippen molar-refractivity contribution in [3.8, 4) is 0 Å². The van der Waals surface area contributed by atoms with E-state index in [1.807, 2.05) is 24.3 Å². The number of fused-ring (bicyclic) bond motifs is 1. The zero-order valence-electron chi connectivity index (χ0n) is 11.9. The molecule has 22 heavy (non-hydrogen) atoms. The molecule has 2 aromatic rings. The molecule has 0 radical (unpaired) electrons. The molecule has 3 rings (SSSR count). The third kappa shape index (κ3) is 3.90. The van der Waals surface area contributed by atoms with E-state index in [9.17, 15) is 9.59 Å². The van der Waals surface area contributed by atoms with Gasteiger partial charge in [0.25, 0.3) is 0 Å². The standard InChI is InChI=1S/C16H16N2O2S2/c19-15(5-1-3-12-4-2-8-21-12)17-11-6-7-14-13(9-11)18-16(20)10-22-14/h2,4,6-9H,1,3,5,10H2,(H,17,19)(H,18,20). The number of hydrogen-bond donors (Lipinski definition) is 2. The second-order valence-electron chi connectivity index (χ2n) is 5.03. The topological polar surface area (TPSA) is 58.2 Å². The van der Waals surface area contributed by atoms with Gasteiger partial charge in [-0.2, -0.15) is 0 Å². The predicted octanol–water partition coefficient (Wildman–Crippen LogP) is 3.75. The molecule has 0 saturated carbocycles. The normalized spacial score (nSPS) is 13.4. The van der Waals surface area contributed by atoms with Gasteiger partial charge in [-0.1, -0.05) is 6.07 Å². The number of aryl methyl sites for hydroxylation is 1. The van der Waals surface area contributed by atoms with Crippen LogP contribution in [0, 0.1) is 0 Å². The minimum atomic E-state index is -0.00285. The van der Waals surface area contributed by atoms with E-state index in [0.29, 0.717) is 12.2 Å². The molecule has 4 nitrogen and oxygen atoms in total. The molecule has 0 unspecified atom stereocenters. The lowest BCUT2D eigenvalue weighted by Gasteiger charge is -2.17. The van der Waals surface area contributed by atoms with Crippen molar-refractivity contribution in [3.05, 3.63) is 40.6 Å². The van der Waals surface area contributed by atoms with Crippen molar-refractivity contribution in [3.63, 3.8) is 0 Å². The highest BCUT2D eigenvalue weighted by atomic mass is 32.2. The molecule has 2 N–H and O–H groups in total. The first-order chi connectivity index (χ1) is 10.7. The van der Waals surface area contributed by atoms with Crippen LogP contribution in [0.15, 0.2) is 40.6 Å². The van der Waals surface area contributed by atoms with Gasteiger partial charge >= 0.3 is 0 Å². The maximum absolute atomic E-state index is 12.0. The zero-order chi connectivity index (χ0) is 15.4. The van der Waals surface area contributed by atoms with Crippen molar-refractivity contribution >= 4 is 46.3 Å². The number of benzene rings is 1. The summed E-state index contributed by atoms with van der Waals surface area (Å²) < 4.78 is 0. The minimum absolute atomic E-state index is 0.00285. The van der Waals surface area contributed by atoms with E-state index in [2.05, 4.69) is 22.1 Å². The molecule has 0 aliphatic carbocycles. The third-order valence-electron chi connectivity index (χ3n) is 3.30. The number of rotatable bonds is 5. The molecule has 6 heteroatoms. The summed E-state index contributed by atoms with van der Waals surface area (Å²) in [5.74, 6) is 0.449. The van der Waals surface area contributed by atoms with Gasteiger partial charge in [0.2, 0.25) is 11.8 Å². The first kappa shape index (κ1) is 15.1. The van der Waals surface area contributed by atoms with Crippen LogP contribution in [0.3, 0.4) is 0 Å². The van der Waals surface area contributed by atoms with E-state index in [0.717, 1.165) is 29.1 Å². The molecule has 114 valence electrons. The zero-order valence-corrected chi connectivity index (χ0v) is 13.6. The number of nitrogens with one attached hydrogen (secondary N) is 2. The van der Waals surface area contributed by atoms with Crippen molar-refractivity contribution in [2.45, 2.75) is 24.2 Å². The largest absolute Gasteiger partial charge is 0.326 e. The number of amides is 2. The van der Waals surface area contributed by atoms with Crippen LogP contribution in [0.2, 0.25) is 0 Å². The third-order valence-corrected chi connectivity index (χ3v) is 5.31. The quantitative estimate of drug-likeness (QED) is 0.876. The summed E-state index contributed by atoms with van der Waals surface area (Å²) in [7, 11) is 0. The summed E-state index contributed by atoms with van der Waals surface area (Å²) >= 11 is 3.23. The molecular formula is C16H16N2O2S2. The molecule has 0 spiro atoms. The highest BCUT2D eigenvalue weighted by Gasteiger charge is 2.15. The van der Waals surface area contributed by atoms with Crippen LogP contribution in [-0.4, -0.2) is 17.6 Å². The van der Waals surface area contributed by atoms with Crippen LogP contribution in [0.25, 0.3) is 0 Å². The molecule has 1 aromatic heterocycles. The van der Waals surface area contributed by atoms with Crippen molar-refractivity contribution < 1.29 is 9.59 Å². The van der Waals surface area contributed by atoms with E-state index in [-0.39, 0.29) is 11.8 Å². The summed E-state index contributed by atoms with van der Waals surface area (Å²) in [6.45, 7) is 0. The van der Waals surface area contributed by atoms with Gasteiger partial charge in [0.05, 0.1) is 11.4 Å². The Balaban J connectivity index is 1.53. The summed E-state index contributed by atoms with van der Waals surface area (Å²) in [4.78, 5) is 25.7. The minimum Gasteiger partial charge on any atom is -0.326 e. The fourth-order valence-corrected chi connectivity index (χ4v) is 3.80. The molecule has 2 heterocycles. The van der Waals surface area contributed by atoms with Crippen LogP contribution < -0.4 is 10.6 Å². The maximum atomic E-state index is 12.0. The molecule has 1 aromatic carbocycles. The Morgan fingerprint density at radius 3 is 3.05 bits per heavy atom. The Morgan fingerprint density at radius 1 is 1.32 bits per heavy atom. The molecule has 2 amide bonds. The number of thioether (sulfide) groups is 1. The van der Waals surface area contributed by atoms with Crippen LogP contribution in [0.4, 0.5) is 11.4 Å². The van der Waals surface area contributed by atoms with E-state index < -0.39 is 0 Å². The van der Waals surface area contributed by atoms with Crippen molar-refractivity contribution in [1.29, 1.82) is 0 Å². The van der Waals surface area contributed by atoms with E-state index in [1.165, 1.54) is 16.6 Å². The molecule has 0 saturated heterocycles. The van der Waals surface area contributed by atoms with Gasteiger partial charge in [-0.05, 0) is 42.5 Å². The van der Waals surface area contributed by atoms with Crippen LogP contribution in [0.1, 0.15) is 17.7 Å². The van der Waals surface area contributed by atoms with Gasteiger partial charge in [0.15, 0.2) is 0 Å². The highest BCUT2D eigenvalue weighted by molar-refractivity contribution is 8.00. The fraction of sp³-hybridized carbons (Fsp3) is 0.250. The average Bonchev–Trinajstić information content (AvgIpc) is 3.00. The van der Waals surface area contributed by atoms with E-state index in [4.69, 9.17) is 0 Å². The van der Waals surface area contributed by atoms with E-state index in [1.54, 1.807) is 11.3 Å². The number of hydrogen-bond acceptors (Lipinski definition) is 4. The average molecular weight is 332 g/mol. The molecular weight excluding hydrogens is 316 g/mol. The lowest BCUT2D eigenvalue weighted by atomic mass is 10.2. The Bertz CT molecular complexity index is 683. The molecule has 0 bridgehead atoms. The molecule has 0 atom stereocenters. The van der Waals surface area contributed by atoms with Crippen LogP contribution in [0.5, 0.6) is 0 Å². The molecule has 1 aliphatic rings. The summed E-state index contributed by atoms with van der Waals surface area (Å²) in [5.41, 5.74) is 1.50. The Kier molecular flexibility index (Phi) is 4.80. The van der Waals surface area contributed by atoms with Gasteiger partial charge < -0.3 is 10.6 Å². The van der Waals surface area contributed by atoms with Gasteiger partial charge in [-0.25, -0.2) is 0 Å². The van der Waals surface area contributed by atoms with Crippen LogP contribution in [-0.2, 0) is 16.0 Å². The number of carbonyl (C=O) groups excluding carboxylic acids is 2. The lowest BCUT2D eigenvalue weighted by Crippen LogP contribution is -2.19. The smallest absolute Gasteiger partial charge is 0.234 e. The SMILES string of the molecule is O=C(CCCc1cccs1)Nc1ccc2c(c1)NC(=O)CS2. The maximum Gasteiger partial charge on any atom is 0.234 e. The highest BCUT2D eigenvalue weighted by Crippen LogP contribution is 2.33. The molecule has 1 aliphatic heterocycles. The van der Waals surface area contributed by atoms with Gasteiger partial charge in [-0.15, -0.1) is 23.1 Å². The van der Waals surface area contributed by atoms with Gasteiger partial charge in [0.1, 0.15) is 0 Å². The lowest BCUT2D eigenvalue weighted by molar-refractivity contribution is -0.116. The number of anilines is 2. The molecule has 0 fully saturated rings. The first-order valence-electron chi connectivity index (χ1n) is 7.09. The summed E-state index contributed by atoms with van der Waals surface area (Å²) in [6, 6.07) is 9.74. The van der Waals surface area contributed by atoms with E-state index >= 15 is 0 Å². The van der Waals surface area contributed by atoms with Crippen molar-refractivity contribution in [2.75, 3.05) is 16.4 Å². The van der Waals surface area contributed by atoms with Crippen molar-refractivity contribution in [2.24, 2.45) is 0 Å². The monoisotopic (exact) mass is 332 g/mol. The number of thiophene rings is 1. The summed E-state index contributed by atoms with van der Waals surface area (Å²) in [5, 5.41) is 7.77. The second kappa shape index (κ2) is 6.98. The predicted molar refractivity (Wildman–Crippen MR) is 91.7 cm³/mol. The summed E-state index contributed by atoms with van der Waals surface area (Å²) in [6.07, 6.45) is 2.27. The van der Waals surface area contributed by atoms with Crippen molar-refractivity contribution in [1.82, 2.24) is 0 Å². The Hall–Kier alpha value is -1.79. The van der Waals surface area contributed by atoms with Gasteiger partial charge in [-0.3, -0.25) is 9.59 Å². The fourth-order valence-electron chi connectivity index (χ4n) is 2.26. The Labute approximate surface area is 137 Å². The number of carbonyl (C=O) groups is 2. The first-order valence-corrected chi connectivity index (χ1v) is 8.96.